The predicted molar refractivity (Wildman–Crippen MR) is 110 cm³/mol. The van der Waals surface area contributed by atoms with Crippen molar-refractivity contribution in [1.29, 1.82) is 0 Å². The van der Waals surface area contributed by atoms with Crippen LogP contribution in [0.1, 0.15) is 35.3 Å². The normalized spacial score (nSPS) is 10.5. The Kier molecular flexibility index (Phi) is 7.44. The number of aryl methyl sites for hydroxylation is 2. The fourth-order valence-corrected chi connectivity index (χ4v) is 2.64. The summed E-state index contributed by atoms with van der Waals surface area (Å²) in [4.78, 5) is 24.6. The summed E-state index contributed by atoms with van der Waals surface area (Å²) >= 11 is 0. The monoisotopic (exact) mass is 384 g/mol. The maximum atomic E-state index is 12.4. The van der Waals surface area contributed by atoms with Crippen molar-refractivity contribution >= 4 is 17.5 Å². The fourth-order valence-electron chi connectivity index (χ4n) is 2.64. The van der Waals surface area contributed by atoms with Crippen molar-refractivity contribution in [3.05, 3.63) is 53.1 Å². The maximum absolute atomic E-state index is 12.4. The van der Waals surface area contributed by atoms with Gasteiger partial charge in [0.05, 0.1) is 20.3 Å². The summed E-state index contributed by atoms with van der Waals surface area (Å²) in [5.74, 6) is 0.803. The third kappa shape index (κ3) is 5.74. The summed E-state index contributed by atoms with van der Waals surface area (Å²) in [6.07, 6.45) is 0. The van der Waals surface area contributed by atoms with Crippen LogP contribution in [0.2, 0.25) is 0 Å². The zero-order valence-corrected chi connectivity index (χ0v) is 17.1. The van der Waals surface area contributed by atoms with Gasteiger partial charge >= 0.3 is 0 Å². The van der Waals surface area contributed by atoms with E-state index in [1.54, 1.807) is 18.2 Å². The molecule has 0 spiro atoms. The molecular formula is C22H28N2O4. The first-order chi connectivity index (χ1) is 13.3. The Morgan fingerprint density at radius 3 is 2.32 bits per heavy atom. The number of methoxy groups -OCH3 is 1. The van der Waals surface area contributed by atoms with Crippen LogP contribution in [0.25, 0.3) is 0 Å². The molecule has 0 atom stereocenters. The second-order valence-corrected chi connectivity index (χ2v) is 7.07. The molecule has 0 saturated carbocycles. The molecule has 0 heterocycles. The topological polar surface area (TPSA) is 76.7 Å². The van der Waals surface area contributed by atoms with Crippen LogP contribution in [0.5, 0.6) is 11.5 Å². The van der Waals surface area contributed by atoms with Gasteiger partial charge < -0.3 is 20.1 Å². The van der Waals surface area contributed by atoms with Gasteiger partial charge in [-0.2, -0.15) is 0 Å². The van der Waals surface area contributed by atoms with E-state index < -0.39 is 0 Å². The molecule has 0 aliphatic rings. The number of para-hydroxylation sites is 1. The van der Waals surface area contributed by atoms with Crippen LogP contribution >= 0.6 is 0 Å². The van der Waals surface area contributed by atoms with Crippen molar-refractivity contribution < 1.29 is 19.1 Å². The molecule has 0 aromatic heterocycles. The summed E-state index contributed by atoms with van der Waals surface area (Å²) in [5.41, 5.74) is 3.12. The minimum Gasteiger partial charge on any atom is -0.493 e. The number of rotatable bonds is 8. The molecule has 0 saturated heterocycles. The molecular weight excluding hydrogens is 356 g/mol. The number of anilines is 1. The largest absolute Gasteiger partial charge is 0.493 e. The smallest absolute Gasteiger partial charge is 0.251 e. The van der Waals surface area contributed by atoms with Crippen LogP contribution in [-0.2, 0) is 4.79 Å². The Bertz CT molecular complexity index is 826. The fraction of sp³-hybridized carbons (Fsp3) is 0.364. The van der Waals surface area contributed by atoms with Gasteiger partial charge in [0, 0.05) is 11.3 Å². The molecule has 0 bridgehead atoms. The molecule has 0 unspecified atom stereocenters. The number of carbonyl (C=O) groups excluding carboxylic acids is 2. The minimum absolute atomic E-state index is 0.124. The molecule has 2 aromatic carbocycles. The van der Waals surface area contributed by atoms with Crippen molar-refractivity contribution in [3.8, 4) is 11.5 Å². The van der Waals surface area contributed by atoms with Gasteiger partial charge in [-0.3, -0.25) is 9.59 Å². The van der Waals surface area contributed by atoms with Gasteiger partial charge in [-0.1, -0.05) is 32.0 Å². The third-order valence-corrected chi connectivity index (χ3v) is 4.15. The molecule has 2 aromatic rings. The van der Waals surface area contributed by atoms with Crippen molar-refractivity contribution in [3.63, 3.8) is 0 Å². The highest BCUT2D eigenvalue weighted by Crippen LogP contribution is 2.28. The van der Waals surface area contributed by atoms with Crippen molar-refractivity contribution in [2.24, 2.45) is 5.92 Å². The number of hydrogen-bond donors (Lipinski definition) is 2. The van der Waals surface area contributed by atoms with Crippen molar-refractivity contribution in [2.45, 2.75) is 27.7 Å². The van der Waals surface area contributed by atoms with Gasteiger partial charge in [0.1, 0.15) is 0 Å². The van der Waals surface area contributed by atoms with Gasteiger partial charge in [-0.25, -0.2) is 0 Å². The Labute approximate surface area is 166 Å². The molecule has 150 valence electrons. The summed E-state index contributed by atoms with van der Waals surface area (Å²) in [5, 5.41) is 5.48. The SMILES string of the molecule is COc1cc(C(=O)NCC(=O)Nc2c(C)cccc2C)ccc1OCC(C)C. The second kappa shape index (κ2) is 9.78. The number of carbonyl (C=O) groups is 2. The lowest BCUT2D eigenvalue weighted by molar-refractivity contribution is -0.115. The lowest BCUT2D eigenvalue weighted by atomic mass is 10.1. The van der Waals surface area contributed by atoms with E-state index in [1.807, 2.05) is 32.0 Å². The molecule has 0 aliphatic carbocycles. The first-order valence-corrected chi connectivity index (χ1v) is 9.27. The van der Waals surface area contributed by atoms with Crippen LogP contribution in [0.4, 0.5) is 5.69 Å². The Morgan fingerprint density at radius 1 is 1.04 bits per heavy atom. The third-order valence-electron chi connectivity index (χ3n) is 4.15. The van der Waals surface area contributed by atoms with Gasteiger partial charge in [0.2, 0.25) is 5.91 Å². The molecule has 0 aliphatic heterocycles. The molecule has 2 N–H and O–H groups in total. The quantitative estimate of drug-likeness (QED) is 0.727. The van der Waals surface area contributed by atoms with Crippen LogP contribution in [0.15, 0.2) is 36.4 Å². The standard InChI is InChI=1S/C22H28N2O4/c1-14(2)13-28-18-10-9-17(11-19(18)27-5)22(26)23-12-20(25)24-21-15(3)7-6-8-16(21)4/h6-11,14H,12-13H2,1-5H3,(H,23,26)(H,24,25). The van der Waals surface area contributed by atoms with E-state index in [9.17, 15) is 9.59 Å². The number of ether oxygens (including phenoxy) is 2. The number of hydrogen-bond acceptors (Lipinski definition) is 4. The summed E-state index contributed by atoms with van der Waals surface area (Å²) in [6, 6.07) is 10.7. The average molecular weight is 384 g/mol. The maximum Gasteiger partial charge on any atom is 0.251 e. The van der Waals surface area contributed by atoms with Gasteiger partial charge in [0.25, 0.3) is 5.91 Å². The zero-order valence-electron chi connectivity index (χ0n) is 17.1. The van der Waals surface area contributed by atoms with Gasteiger partial charge in [-0.15, -0.1) is 0 Å². The zero-order chi connectivity index (χ0) is 20.7. The molecule has 6 heteroatoms. The summed E-state index contributed by atoms with van der Waals surface area (Å²) in [7, 11) is 1.53. The van der Waals surface area contributed by atoms with E-state index in [1.165, 1.54) is 7.11 Å². The summed E-state index contributed by atoms with van der Waals surface area (Å²) < 4.78 is 11.0. The van der Waals surface area contributed by atoms with Crippen molar-refractivity contribution in [2.75, 3.05) is 25.6 Å². The molecule has 28 heavy (non-hydrogen) atoms. The summed E-state index contributed by atoms with van der Waals surface area (Å²) in [6.45, 7) is 8.39. The predicted octanol–water partition coefficient (Wildman–Crippen LogP) is 3.72. The van der Waals surface area contributed by atoms with Crippen LogP contribution in [0.3, 0.4) is 0 Å². The number of benzene rings is 2. The highest BCUT2D eigenvalue weighted by atomic mass is 16.5. The molecule has 0 fully saturated rings. The van der Waals surface area contributed by atoms with Crippen LogP contribution in [-0.4, -0.2) is 32.1 Å². The van der Waals surface area contributed by atoms with E-state index in [4.69, 9.17) is 9.47 Å². The van der Waals surface area contributed by atoms with Crippen LogP contribution in [0, 0.1) is 19.8 Å². The highest BCUT2D eigenvalue weighted by Gasteiger charge is 2.13. The number of amides is 2. The van der Waals surface area contributed by atoms with E-state index in [0.717, 1.165) is 16.8 Å². The lowest BCUT2D eigenvalue weighted by Crippen LogP contribution is -2.33. The molecule has 0 radical (unpaired) electrons. The molecule has 2 amide bonds. The molecule has 6 nitrogen and oxygen atoms in total. The Balaban J connectivity index is 1.98. The minimum atomic E-state index is -0.356. The van der Waals surface area contributed by atoms with Crippen LogP contribution < -0.4 is 20.1 Å². The van der Waals surface area contributed by atoms with E-state index >= 15 is 0 Å². The number of nitrogens with one attached hydrogen (secondary N) is 2. The second-order valence-electron chi connectivity index (χ2n) is 7.07. The van der Waals surface area contributed by atoms with E-state index in [2.05, 4.69) is 24.5 Å². The highest BCUT2D eigenvalue weighted by molar-refractivity contribution is 6.00. The van der Waals surface area contributed by atoms with Gasteiger partial charge in [-0.05, 0) is 49.1 Å². The van der Waals surface area contributed by atoms with Crippen molar-refractivity contribution in [1.82, 2.24) is 5.32 Å². The van der Waals surface area contributed by atoms with E-state index in [0.29, 0.717) is 29.6 Å². The average Bonchev–Trinajstić information content (AvgIpc) is 2.67. The van der Waals surface area contributed by atoms with E-state index in [-0.39, 0.29) is 18.4 Å². The first kappa shape index (κ1) is 21.3. The molecule has 2 rings (SSSR count). The Hall–Kier alpha value is -3.02. The van der Waals surface area contributed by atoms with Gasteiger partial charge in [0.15, 0.2) is 11.5 Å². The lowest BCUT2D eigenvalue weighted by Gasteiger charge is -2.14. The Morgan fingerprint density at radius 2 is 1.71 bits per heavy atom. The first-order valence-electron chi connectivity index (χ1n) is 9.27.